The van der Waals surface area contributed by atoms with Crippen LogP contribution in [0.3, 0.4) is 0 Å². The average molecular weight is 790 g/mol. The van der Waals surface area contributed by atoms with Crippen LogP contribution in [0.15, 0.2) is 157 Å². The van der Waals surface area contributed by atoms with Crippen molar-refractivity contribution in [1.29, 1.82) is 0 Å². The monoisotopic (exact) mass is 789 g/mol. The molecule has 6 heteroatoms. The number of rotatable bonds is 2. The van der Waals surface area contributed by atoms with Gasteiger partial charge in [0.25, 0.3) is 0 Å². The summed E-state index contributed by atoms with van der Waals surface area (Å²) in [5.74, 6) is 1.77. The number of benzene rings is 1. The fraction of sp³-hybridized carbons (Fsp3) is 0.0625. The molecule has 1 radical (unpaired) electrons. The Morgan fingerprint density at radius 3 is 1.05 bits per heavy atom. The number of hydrogen-bond acceptors (Lipinski definition) is 1. The van der Waals surface area contributed by atoms with Gasteiger partial charge >= 0.3 is 22.6 Å². The van der Waals surface area contributed by atoms with Gasteiger partial charge in [-0.25, -0.2) is 48.5 Å². The molecule has 0 fully saturated rings. The summed E-state index contributed by atoms with van der Waals surface area (Å²) >= 11 is 0. The fourth-order valence-electron chi connectivity index (χ4n) is 2.31. The second-order valence-corrected chi connectivity index (χ2v) is 10.8. The summed E-state index contributed by atoms with van der Waals surface area (Å²) in [6, 6.07) is 50.2. The van der Waals surface area contributed by atoms with Crippen molar-refractivity contribution in [2.45, 2.75) is 0 Å². The zero-order chi connectivity index (χ0) is 27.2. The van der Waals surface area contributed by atoms with Gasteiger partial charge in [-0.05, 0) is 12.1 Å². The maximum atomic E-state index is 8.59. The second-order valence-electron chi connectivity index (χ2n) is 6.98. The molecule has 5 aromatic carbocycles. The van der Waals surface area contributed by atoms with Crippen LogP contribution < -0.4 is 5.30 Å². The molecule has 0 heterocycles. The summed E-state index contributed by atoms with van der Waals surface area (Å²) in [7, 11) is -1.28. The van der Waals surface area contributed by atoms with Crippen LogP contribution in [-0.4, -0.2) is 18.4 Å². The topological polar surface area (TPSA) is 60.0 Å². The van der Waals surface area contributed by atoms with Gasteiger partial charge in [0.15, 0.2) is 0 Å². The normalized spacial score (nSPS) is 8.16. The van der Waals surface area contributed by atoms with E-state index in [1.54, 1.807) is 5.82 Å². The van der Waals surface area contributed by atoms with Gasteiger partial charge in [-0.15, -0.1) is 0 Å². The Balaban J connectivity index is -0.000000191. The van der Waals surface area contributed by atoms with Gasteiger partial charge < -0.3 is 5.11 Å². The van der Waals surface area contributed by atoms with Crippen molar-refractivity contribution in [3.8, 4) is 0 Å². The van der Waals surface area contributed by atoms with Crippen LogP contribution in [0.5, 0.6) is 0 Å². The summed E-state index contributed by atoms with van der Waals surface area (Å²) in [4.78, 5) is 0. The molecule has 0 aliphatic heterocycles. The van der Waals surface area contributed by atoms with Crippen LogP contribution in [0.1, 0.15) is 0 Å². The zero-order valence-corrected chi connectivity index (χ0v) is 27.8. The fourth-order valence-corrected chi connectivity index (χ4v) is 3.69. The quantitative estimate of drug-likeness (QED) is 0.0638. The summed E-state index contributed by atoms with van der Waals surface area (Å²) in [6.07, 6.45) is 2.13. The van der Waals surface area contributed by atoms with Gasteiger partial charge in [-0.3, -0.25) is 6.26 Å². The van der Waals surface area contributed by atoms with Gasteiger partial charge in [0, 0.05) is 55.4 Å². The Morgan fingerprint density at radius 1 is 0.605 bits per heavy atom. The molecule has 5 aromatic rings. The molecular formula is C32H33MnO3PU-4. The van der Waals surface area contributed by atoms with Crippen LogP contribution in [0.4, 0.5) is 0 Å². The van der Waals surface area contributed by atoms with E-state index >= 15 is 0 Å². The van der Waals surface area contributed by atoms with E-state index in [1.807, 2.05) is 140 Å². The summed E-state index contributed by atoms with van der Waals surface area (Å²) < 4.78 is 15.0. The van der Waals surface area contributed by atoms with E-state index in [9.17, 15) is 0 Å². The minimum absolute atomic E-state index is 0. The molecule has 3 nitrogen and oxygen atoms in total. The van der Waals surface area contributed by atoms with Crippen molar-refractivity contribution in [2.24, 2.45) is 0 Å². The first-order valence-electron chi connectivity index (χ1n) is 10.9. The maximum absolute atomic E-state index is 8.59. The minimum Gasteiger partial charge on any atom is -0.214 e. The molecule has 5 rings (SSSR count). The first kappa shape index (κ1) is 42.7. The standard InChI is InChI=1S/C10H13OP.4C5H5.2CO.Mn.U/c1-12(2,9-8-11)10-6-4-3-5-7-10;4*1-2-4-5-3-1;2*1-2;;/h3-7,9,11H,1-2H3;4*1-5H;;;;/q;4*-1;;;;. The van der Waals surface area contributed by atoms with Crippen LogP contribution >= 0.6 is 7.26 Å². The SMILES string of the molecule is C[P+](C)(C=[C-]O)c1ccccc1.[C-]#[O+].[C-]#[O+].[Mn].[U].c1cc[cH-]c1.c1cc[cH-]c1.c1cc[cH-]c1.c1cc[cH-]c1. The first-order valence-corrected chi connectivity index (χ1v) is 13.6. The Labute approximate surface area is 263 Å². The first-order chi connectivity index (χ1) is 17.7. The summed E-state index contributed by atoms with van der Waals surface area (Å²) in [5, 5.41) is 9.87. The van der Waals surface area contributed by atoms with Crippen molar-refractivity contribution in [3.63, 3.8) is 0 Å². The van der Waals surface area contributed by atoms with Crippen LogP contribution in [0.2, 0.25) is 0 Å². The average Bonchev–Trinajstić information content (AvgIpc) is 3.78. The molecule has 0 aliphatic rings. The van der Waals surface area contributed by atoms with E-state index in [2.05, 4.69) is 45.0 Å². The van der Waals surface area contributed by atoms with E-state index in [4.69, 9.17) is 14.4 Å². The predicted molar refractivity (Wildman–Crippen MR) is 151 cm³/mol. The smallest absolute Gasteiger partial charge is 0 e. The number of hydrogen-bond donors (Lipinski definition) is 1. The van der Waals surface area contributed by atoms with Crippen LogP contribution in [0, 0.1) is 50.7 Å². The molecule has 1 N–H and O–H groups in total. The van der Waals surface area contributed by atoms with Crippen molar-refractivity contribution >= 4 is 12.6 Å². The second kappa shape index (κ2) is 34.6. The van der Waals surface area contributed by atoms with E-state index in [0.717, 1.165) is 0 Å². The maximum Gasteiger partial charge on any atom is 0 e. The Bertz CT molecular complexity index is 854. The minimum atomic E-state index is -1.28. The molecule has 0 atom stereocenters. The van der Waals surface area contributed by atoms with Gasteiger partial charge in [0.05, 0.1) is 18.6 Å². The summed E-state index contributed by atoms with van der Waals surface area (Å²) in [6.45, 7) is 13.3. The Hall–Kier alpha value is -2.36. The third-order valence-corrected chi connectivity index (χ3v) is 6.41. The van der Waals surface area contributed by atoms with E-state index < -0.39 is 7.26 Å². The van der Waals surface area contributed by atoms with E-state index in [-0.39, 0.29) is 48.2 Å². The summed E-state index contributed by atoms with van der Waals surface area (Å²) in [5.41, 5.74) is 0. The van der Waals surface area contributed by atoms with Crippen molar-refractivity contribution in [3.05, 3.63) is 177 Å². The van der Waals surface area contributed by atoms with E-state index in [1.165, 1.54) is 5.30 Å². The number of aliphatic hydroxyl groups excluding tert-OH is 1. The van der Waals surface area contributed by atoms with Crippen LogP contribution in [0.25, 0.3) is 0 Å². The molecular weight excluding hydrogens is 756 g/mol. The molecule has 0 aliphatic carbocycles. The zero-order valence-electron chi connectivity index (χ0n) is 21.6. The molecule has 0 unspecified atom stereocenters. The van der Waals surface area contributed by atoms with Crippen molar-refractivity contribution in [1.82, 2.24) is 0 Å². The molecule has 0 saturated heterocycles. The van der Waals surface area contributed by atoms with Gasteiger partial charge in [0.2, 0.25) is 0 Å². The molecule has 199 valence electrons. The van der Waals surface area contributed by atoms with Crippen molar-refractivity contribution in [2.75, 3.05) is 13.3 Å². The van der Waals surface area contributed by atoms with Gasteiger partial charge in [-0.1, -0.05) is 24.0 Å². The molecule has 38 heavy (non-hydrogen) atoms. The molecule has 0 bridgehead atoms. The molecule has 0 spiro atoms. The van der Waals surface area contributed by atoms with Gasteiger partial charge in [0.1, 0.15) is 0 Å². The molecule has 0 amide bonds. The van der Waals surface area contributed by atoms with E-state index in [0.29, 0.717) is 0 Å². The third-order valence-electron chi connectivity index (χ3n) is 4.02. The Kier molecular flexibility index (Phi) is 38.9. The molecule has 0 saturated carbocycles. The van der Waals surface area contributed by atoms with Crippen LogP contribution in [-0.2, 0) is 26.4 Å². The number of aliphatic hydroxyl groups is 1. The predicted octanol–water partition coefficient (Wildman–Crippen LogP) is 7.97. The third kappa shape index (κ3) is 28.2. The molecule has 0 aromatic heterocycles. The largest absolute Gasteiger partial charge is 0.214 e. The van der Waals surface area contributed by atoms with Gasteiger partial charge in [-0.2, -0.15) is 72.8 Å². The van der Waals surface area contributed by atoms with Crippen molar-refractivity contribution < 1.29 is 62.6 Å². The Morgan fingerprint density at radius 2 is 0.868 bits per heavy atom.